The van der Waals surface area contributed by atoms with Gasteiger partial charge in [0.05, 0.1) is 18.1 Å². The summed E-state index contributed by atoms with van der Waals surface area (Å²) in [4.78, 5) is 38.6. The predicted octanol–water partition coefficient (Wildman–Crippen LogP) is -0.230. The summed E-state index contributed by atoms with van der Waals surface area (Å²) in [6, 6.07) is -0.267. The molecule has 8 nitrogen and oxygen atoms in total. The van der Waals surface area contributed by atoms with Crippen molar-refractivity contribution < 1.29 is 24.6 Å². The lowest BCUT2D eigenvalue weighted by Crippen LogP contribution is -2.63. The molecule has 3 rings (SSSR count). The van der Waals surface area contributed by atoms with Crippen LogP contribution in [0.15, 0.2) is 11.3 Å². The SMILES string of the molecule is C[C@@H](O)[C@H]1C(=O)N2C(C(=O)O)=C(CN3CC[C@H](CCC(N)=O)C3)[C@H](C)[C@H]12. The molecular formula is C18H27N3O5. The number of carbonyl (C=O) groups excluding carboxylic acids is 2. The number of hydrogen-bond donors (Lipinski definition) is 3. The van der Waals surface area contributed by atoms with Crippen LogP contribution in [-0.2, 0) is 14.4 Å². The van der Waals surface area contributed by atoms with Crippen molar-refractivity contribution in [3.8, 4) is 0 Å². The first kappa shape index (κ1) is 18.8. The highest BCUT2D eigenvalue weighted by atomic mass is 16.4. The Morgan fingerprint density at radius 3 is 2.65 bits per heavy atom. The third-order valence-electron chi connectivity index (χ3n) is 6.08. The number of primary amides is 1. The average molecular weight is 365 g/mol. The quantitative estimate of drug-likeness (QED) is 0.535. The Labute approximate surface area is 152 Å². The van der Waals surface area contributed by atoms with E-state index in [4.69, 9.17) is 5.73 Å². The lowest BCUT2D eigenvalue weighted by molar-refractivity contribution is -0.163. The van der Waals surface area contributed by atoms with Crippen LogP contribution in [0.2, 0.25) is 0 Å². The normalized spacial score (nSPS) is 32.6. The van der Waals surface area contributed by atoms with E-state index < -0.39 is 18.0 Å². The molecule has 0 aromatic heterocycles. The number of amides is 2. The highest BCUT2D eigenvalue weighted by molar-refractivity contribution is 6.00. The summed E-state index contributed by atoms with van der Waals surface area (Å²) >= 11 is 0. The Morgan fingerprint density at radius 2 is 2.08 bits per heavy atom. The van der Waals surface area contributed by atoms with E-state index in [0.29, 0.717) is 18.9 Å². The van der Waals surface area contributed by atoms with Crippen LogP contribution in [0.4, 0.5) is 0 Å². The van der Waals surface area contributed by atoms with Crippen LogP contribution in [0.25, 0.3) is 0 Å². The van der Waals surface area contributed by atoms with Crippen LogP contribution < -0.4 is 5.73 Å². The molecule has 26 heavy (non-hydrogen) atoms. The maximum atomic E-state index is 12.3. The summed E-state index contributed by atoms with van der Waals surface area (Å²) in [6.45, 7) is 5.66. The zero-order valence-electron chi connectivity index (χ0n) is 15.2. The number of nitrogens with two attached hydrogens (primary N) is 1. The van der Waals surface area contributed by atoms with Crippen molar-refractivity contribution in [1.82, 2.24) is 9.80 Å². The molecule has 4 N–H and O–H groups in total. The van der Waals surface area contributed by atoms with Crippen molar-refractivity contribution in [2.24, 2.45) is 23.5 Å². The largest absolute Gasteiger partial charge is 0.477 e. The molecule has 0 saturated carbocycles. The summed E-state index contributed by atoms with van der Waals surface area (Å²) < 4.78 is 0. The van der Waals surface area contributed by atoms with Crippen molar-refractivity contribution in [2.75, 3.05) is 19.6 Å². The first-order valence-corrected chi connectivity index (χ1v) is 9.20. The molecule has 0 spiro atoms. The molecule has 0 bridgehead atoms. The molecule has 8 heteroatoms. The number of β-lactam (4-membered cyclic amide) rings is 1. The summed E-state index contributed by atoms with van der Waals surface area (Å²) in [5.41, 5.74) is 6.06. The van der Waals surface area contributed by atoms with Gasteiger partial charge in [0.25, 0.3) is 0 Å². The van der Waals surface area contributed by atoms with Crippen LogP contribution in [0.3, 0.4) is 0 Å². The van der Waals surface area contributed by atoms with E-state index in [-0.39, 0.29) is 29.5 Å². The average Bonchev–Trinajstić information content (AvgIpc) is 3.08. The Bertz CT molecular complexity index is 659. The Balaban J connectivity index is 1.72. The molecule has 2 amide bonds. The van der Waals surface area contributed by atoms with E-state index in [1.165, 1.54) is 4.90 Å². The number of aliphatic hydroxyl groups excluding tert-OH is 1. The second-order valence-corrected chi connectivity index (χ2v) is 7.83. The summed E-state index contributed by atoms with van der Waals surface area (Å²) in [7, 11) is 0. The van der Waals surface area contributed by atoms with E-state index in [2.05, 4.69) is 4.90 Å². The van der Waals surface area contributed by atoms with E-state index >= 15 is 0 Å². The molecule has 0 aromatic rings. The van der Waals surface area contributed by atoms with Crippen LogP contribution in [-0.4, -0.2) is 69.6 Å². The van der Waals surface area contributed by atoms with Crippen molar-refractivity contribution in [1.29, 1.82) is 0 Å². The standard InChI is InChI=1S/C18H27N3O5/c1-9-12(8-20-6-5-11(7-20)3-4-13(19)23)16(18(25)26)21-15(9)14(10(2)22)17(21)24/h9-11,14-15,22H,3-8H2,1-2H3,(H2,19,23)(H,25,26)/t9-,10+,11-,14+,15+/m0/s1. The van der Waals surface area contributed by atoms with E-state index in [1.54, 1.807) is 6.92 Å². The number of likely N-dealkylation sites (tertiary alicyclic amines) is 1. The number of carboxylic acids is 1. The zero-order chi connectivity index (χ0) is 19.2. The van der Waals surface area contributed by atoms with Crippen LogP contribution in [0.5, 0.6) is 0 Å². The summed E-state index contributed by atoms with van der Waals surface area (Å²) in [5.74, 6) is -1.92. The van der Waals surface area contributed by atoms with Gasteiger partial charge in [0.2, 0.25) is 11.8 Å². The van der Waals surface area contributed by atoms with E-state index in [1.807, 2.05) is 6.92 Å². The molecule has 0 radical (unpaired) electrons. The number of aliphatic hydroxyl groups is 1. The number of aliphatic carboxylic acids is 1. The highest BCUT2D eigenvalue weighted by Gasteiger charge is 2.59. The van der Waals surface area contributed by atoms with Crippen molar-refractivity contribution in [3.63, 3.8) is 0 Å². The fraction of sp³-hybridized carbons (Fsp3) is 0.722. The molecule has 2 saturated heterocycles. The van der Waals surface area contributed by atoms with E-state index in [9.17, 15) is 24.6 Å². The third-order valence-corrected chi connectivity index (χ3v) is 6.08. The van der Waals surface area contributed by atoms with Gasteiger partial charge in [-0.1, -0.05) is 6.92 Å². The second kappa shape index (κ2) is 7.00. The number of rotatable bonds is 7. The van der Waals surface area contributed by atoms with Gasteiger partial charge in [-0.25, -0.2) is 4.79 Å². The van der Waals surface area contributed by atoms with Gasteiger partial charge in [-0.15, -0.1) is 0 Å². The highest BCUT2D eigenvalue weighted by Crippen LogP contribution is 2.47. The molecule has 2 fully saturated rings. The number of fused-ring (bicyclic) bond motifs is 1. The van der Waals surface area contributed by atoms with Gasteiger partial charge < -0.3 is 20.8 Å². The van der Waals surface area contributed by atoms with Gasteiger partial charge in [0, 0.05) is 25.4 Å². The molecule has 5 atom stereocenters. The minimum atomic E-state index is -1.09. The maximum Gasteiger partial charge on any atom is 0.352 e. The maximum absolute atomic E-state index is 12.3. The fourth-order valence-corrected chi connectivity index (χ4v) is 4.73. The van der Waals surface area contributed by atoms with Gasteiger partial charge in [0.1, 0.15) is 5.70 Å². The molecular weight excluding hydrogens is 338 g/mol. The number of carbonyl (C=O) groups is 3. The number of carboxylic acid groups (broad SMARTS) is 1. The molecule has 144 valence electrons. The molecule has 3 heterocycles. The van der Waals surface area contributed by atoms with E-state index in [0.717, 1.165) is 31.5 Å². The van der Waals surface area contributed by atoms with Crippen molar-refractivity contribution >= 4 is 17.8 Å². The monoisotopic (exact) mass is 365 g/mol. The summed E-state index contributed by atoms with van der Waals surface area (Å²) in [6.07, 6.45) is 1.30. The first-order chi connectivity index (χ1) is 12.2. The van der Waals surface area contributed by atoms with Crippen LogP contribution >= 0.6 is 0 Å². The molecule has 0 aromatic carbocycles. The molecule has 0 aliphatic carbocycles. The molecule has 3 aliphatic rings. The first-order valence-electron chi connectivity index (χ1n) is 9.20. The Kier molecular flexibility index (Phi) is 5.07. The minimum absolute atomic E-state index is 0.0879. The number of hydrogen-bond acceptors (Lipinski definition) is 5. The zero-order valence-corrected chi connectivity index (χ0v) is 15.2. The minimum Gasteiger partial charge on any atom is -0.477 e. The smallest absolute Gasteiger partial charge is 0.352 e. The third kappa shape index (κ3) is 3.12. The Morgan fingerprint density at radius 1 is 1.38 bits per heavy atom. The van der Waals surface area contributed by atoms with Gasteiger partial charge in [-0.05, 0) is 37.8 Å². The van der Waals surface area contributed by atoms with Gasteiger partial charge >= 0.3 is 5.97 Å². The predicted molar refractivity (Wildman–Crippen MR) is 92.6 cm³/mol. The topological polar surface area (TPSA) is 124 Å². The van der Waals surface area contributed by atoms with Crippen LogP contribution in [0.1, 0.15) is 33.1 Å². The fourth-order valence-electron chi connectivity index (χ4n) is 4.73. The Hall–Kier alpha value is -1.93. The summed E-state index contributed by atoms with van der Waals surface area (Å²) in [5, 5.41) is 19.5. The molecule has 0 unspecified atom stereocenters. The lowest BCUT2D eigenvalue weighted by Gasteiger charge is -2.46. The van der Waals surface area contributed by atoms with Crippen molar-refractivity contribution in [2.45, 2.75) is 45.3 Å². The van der Waals surface area contributed by atoms with Gasteiger partial charge in [0.15, 0.2) is 0 Å². The van der Waals surface area contributed by atoms with Crippen molar-refractivity contribution in [3.05, 3.63) is 11.3 Å². The van der Waals surface area contributed by atoms with Gasteiger partial charge in [-0.2, -0.15) is 0 Å². The van der Waals surface area contributed by atoms with Gasteiger partial charge in [-0.3, -0.25) is 14.5 Å². The molecule has 3 aliphatic heterocycles. The number of nitrogens with zero attached hydrogens (tertiary/aromatic N) is 2. The second-order valence-electron chi connectivity index (χ2n) is 7.83. The van der Waals surface area contributed by atoms with Crippen LogP contribution in [0, 0.1) is 17.8 Å². The lowest BCUT2D eigenvalue weighted by atomic mass is 9.77.